The van der Waals surface area contributed by atoms with E-state index in [0.29, 0.717) is 13.2 Å². The minimum Gasteiger partial charge on any atom is -0.384 e. The van der Waals surface area contributed by atoms with Crippen molar-refractivity contribution in [1.82, 2.24) is 5.32 Å². The Morgan fingerprint density at radius 1 is 1.24 bits per heavy atom. The van der Waals surface area contributed by atoms with Crippen LogP contribution >= 0.6 is 0 Å². The van der Waals surface area contributed by atoms with Crippen LogP contribution in [0.5, 0.6) is 0 Å². The molecular formula is C20H27FN2O2. The van der Waals surface area contributed by atoms with Crippen LogP contribution in [0, 0.1) is 11.2 Å². The maximum Gasteiger partial charge on any atom is 0.235 e. The van der Waals surface area contributed by atoms with Gasteiger partial charge in [0.15, 0.2) is 0 Å². The number of ether oxygens (including phenoxy) is 1. The Labute approximate surface area is 148 Å². The SMILES string of the molecule is COCC1(C(=O)N2CC3(CCCC3)c3c(F)cccc32)CCNCC1. The van der Waals surface area contributed by atoms with Crippen molar-refractivity contribution in [2.45, 2.75) is 43.9 Å². The van der Waals surface area contributed by atoms with Crippen molar-refractivity contribution in [2.75, 3.05) is 38.3 Å². The fraction of sp³-hybridized carbons (Fsp3) is 0.650. The van der Waals surface area contributed by atoms with Crippen molar-refractivity contribution in [3.05, 3.63) is 29.6 Å². The van der Waals surface area contributed by atoms with Crippen LogP contribution in [0.2, 0.25) is 0 Å². The van der Waals surface area contributed by atoms with Gasteiger partial charge in [0.1, 0.15) is 5.82 Å². The summed E-state index contributed by atoms with van der Waals surface area (Å²) in [7, 11) is 1.66. The maximum atomic E-state index is 14.7. The first kappa shape index (κ1) is 17.0. The molecule has 1 aromatic rings. The van der Waals surface area contributed by atoms with E-state index in [-0.39, 0.29) is 17.1 Å². The van der Waals surface area contributed by atoms with E-state index in [2.05, 4.69) is 5.32 Å². The molecule has 25 heavy (non-hydrogen) atoms. The number of hydrogen-bond donors (Lipinski definition) is 1. The van der Waals surface area contributed by atoms with E-state index in [0.717, 1.165) is 62.9 Å². The second-order valence-electron chi connectivity index (χ2n) is 7.98. The van der Waals surface area contributed by atoms with Crippen LogP contribution in [0.25, 0.3) is 0 Å². The number of fused-ring (bicyclic) bond motifs is 2. The largest absolute Gasteiger partial charge is 0.384 e. The Balaban J connectivity index is 1.74. The van der Waals surface area contributed by atoms with E-state index in [4.69, 9.17) is 4.74 Å². The molecule has 3 aliphatic rings. The Bertz CT molecular complexity index is 658. The fourth-order valence-electron chi connectivity index (χ4n) is 5.26. The number of nitrogens with zero attached hydrogens (tertiary/aromatic N) is 1. The van der Waals surface area contributed by atoms with E-state index >= 15 is 0 Å². The Hall–Kier alpha value is -1.46. The summed E-state index contributed by atoms with van der Waals surface area (Å²) in [6.07, 6.45) is 5.72. The zero-order chi connectivity index (χ0) is 17.5. The maximum absolute atomic E-state index is 14.7. The monoisotopic (exact) mass is 346 g/mol. The molecule has 1 aromatic carbocycles. The second-order valence-corrected chi connectivity index (χ2v) is 7.98. The zero-order valence-corrected chi connectivity index (χ0v) is 14.9. The first-order valence-corrected chi connectivity index (χ1v) is 9.43. The van der Waals surface area contributed by atoms with Gasteiger partial charge in [-0.3, -0.25) is 4.79 Å². The summed E-state index contributed by atoms with van der Waals surface area (Å²) in [6.45, 7) is 2.71. The number of hydrogen-bond acceptors (Lipinski definition) is 3. The number of rotatable bonds is 3. The van der Waals surface area contributed by atoms with E-state index in [1.165, 1.54) is 0 Å². The van der Waals surface area contributed by atoms with Crippen LogP contribution in [0.4, 0.5) is 10.1 Å². The van der Waals surface area contributed by atoms with Crippen LogP contribution in [0.15, 0.2) is 18.2 Å². The molecule has 136 valence electrons. The summed E-state index contributed by atoms with van der Waals surface area (Å²) >= 11 is 0. The summed E-state index contributed by atoms with van der Waals surface area (Å²) in [4.78, 5) is 15.5. The summed E-state index contributed by atoms with van der Waals surface area (Å²) in [6, 6.07) is 5.20. The van der Waals surface area contributed by atoms with Crippen LogP contribution in [0.3, 0.4) is 0 Å². The van der Waals surface area contributed by atoms with Crippen molar-refractivity contribution < 1.29 is 13.9 Å². The highest BCUT2D eigenvalue weighted by molar-refractivity contribution is 6.00. The van der Waals surface area contributed by atoms with Crippen molar-refractivity contribution in [3.8, 4) is 0 Å². The molecule has 2 fully saturated rings. The molecule has 1 aliphatic carbocycles. The van der Waals surface area contributed by atoms with Crippen LogP contribution in [0.1, 0.15) is 44.1 Å². The summed E-state index contributed by atoms with van der Waals surface area (Å²) in [5.74, 6) is -0.0349. The highest BCUT2D eigenvalue weighted by Gasteiger charge is 2.52. The first-order valence-electron chi connectivity index (χ1n) is 9.43. The predicted molar refractivity (Wildman–Crippen MR) is 95.3 cm³/mol. The molecule has 1 saturated heterocycles. The number of carbonyl (C=O) groups is 1. The summed E-state index contributed by atoms with van der Waals surface area (Å²) in [5, 5.41) is 3.33. The quantitative estimate of drug-likeness (QED) is 0.915. The van der Waals surface area contributed by atoms with Gasteiger partial charge < -0.3 is 15.0 Å². The Morgan fingerprint density at radius 2 is 1.96 bits per heavy atom. The van der Waals surface area contributed by atoms with Gasteiger partial charge in [0.25, 0.3) is 0 Å². The lowest BCUT2D eigenvalue weighted by molar-refractivity contribution is -0.133. The lowest BCUT2D eigenvalue weighted by Crippen LogP contribution is -2.52. The molecule has 0 bridgehead atoms. The topological polar surface area (TPSA) is 41.6 Å². The van der Waals surface area contributed by atoms with Gasteiger partial charge in [0.2, 0.25) is 5.91 Å². The van der Waals surface area contributed by atoms with Gasteiger partial charge in [-0.1, -0.05) is 18.9 Å². The highest BCUT2D eigenvalue weighted by atomic mass is 19.1. The number of carbonyl (C=O) groups excluding carboxylic acids is 1. The minimum atomic E-state index is -0.492. The van der Waals surface area contributed by atoms with Crippen LogP contribution < -0.4 is 10.2 Å². The summed E-state index contributed by atoms with van der Waals surface area (Å²) < 4.78 is 20.2. The van der Waals surface area contributed by atoms with Gasteiger partial charge in [-0.05, 0) is 50.9 Å². The highest BCUT2D eigenvalue weighted by Crippen LogP contribution is 2.52. The summed E-state index contributed by atoms with van der Waals surface area (Å²) in [5.41, 5.74) is 0.897. The third kappa shape index (κ3) is 2.59. The molecule has 0 atom stereocenters. The molecule has 5 heteroatoms. The fourth-order valence-corrected chi connectivity index (χ4v) is 5.26. The van der Waals surface area contributed by atoms with Crippen molar-refractivity contribution in [3.63, 3.8) is 0 Å². The molecule has 1 saturated carbocycles. The van der Waals surface area contributed by atoms with Crippen molar-refractivity contribution >= 4 is 11.6 Å². The number of methoxy groups -OCH3 is 1. The zero-order valence-electron chi connectivity index (χ0n) is 14.9. The lowest BCUT2D eigenvalue weighted by atomic mass is 9.78. The number of piperidine rings is 1. The number of halogens is 1. The van der Waals surface area contributed by atoms with E-state index < -0.39 is 5.41 Å². The predicted octanol–water partition coefficient (Wildman–Crippen LogP) is 3.00. The Morgan fingerprint density at radius 3 is 2.64 bits per heavy atom. The number of nitrogens with one attached hydrogen (secondary N) is 1. The average Bonchev–Trinajstić information content (AvgIpc) is 3.22. The van der Waals surface area contributed by atoms with Crippen molar-refractivity contribution in [1.29, 1.82) is 0 Å². The number of anilines is 1. The average molecular weight is 346 g/mol. The molecule has 4 rings (SSSR count). The molecule has 0 aromatic heterocycles. The van der Waals surface area contributed by atoms with E-state index in [1.807, 2.05) is 11.0 Å². The third-order valence-corrected chi connectivity index (χ3v) is 6.51. The third-order valence-electron chi connectivity index (χ3n) is 6.51. The molecule has 1 spiro atoms. The Kier molecular flexibility index (Phi) is 4.32. The standard InChI is InChI=1S/C20H27FN2O2/c1-25-14-20(9-11-22-12-10-20)18(24)23-13-19(7-2-3-8-19)17-15(21)5-4-6-16(17)23/h4-6,22H,2-3,7-14H2,1H3. The molecule has 2 heterocycles. The van der Waals surface area contributed by atoms with Gasteiger partial charge in [-0.25, -0.2) is 4.39 Å². The minimum absolute atomic E-state index is 0.117. The molecule has 4 nitrogen and oxygen atoms in total. The van der Waals surface area contributed by atoms with E-state index in [9.17, 15) is 9.18 Å². The van der Waals surface area contributed by atoms with Crippen LogP contribution in [-0.2, 0) is 14.9 Å². The molecule has 2 aliphatic heterocycles. The molecule has 0 radical (unpaired) electrons. The molecule has 0 unspecified atom stereocenters. The normalized spacial score (nSPS) is 23.8. The molecular weight excluding hydrogens is 319 g/mol. The van der Waals surface area contributed by atoms with Crippen molar-refractivity contribution in [2.24, 2.45) is 5.41 Å². The smallest absolute Gasteiger partial charge is 0.235 e. The first-order chi connectivity index (χ1) is 12.1. The van der Waals surface area contributed by atoms with Crippen LogP contribution in [-0.4, -0.2) is 39.3 Å². The lowest BCUT2D eigenvalue weighted by Gasteiger charge is -2.39. The second kappa shape index (κ2) is 6.36. The van der Waals surface area contributed by atoms with E-state index in [1.54, 1.807) is 19.2 Å². The van der Waals surface area contributed by atoms with Gasteiger partial charge >= 0.3 is 0 Å². The van der Waals surface area contributed by atoms with Gasteiger partial charge in [-0.15, -0.1) is 0 Å². The number of amides is 1. The molecule has 1 N–H and O–H groups in total. The molecule has 1 amide bonds. The van der Waals surface area contributed by atoms with Gasteiger partial charge in [0, 0.05) is 24.6 Å². The van der Waals surface area contributed by atoms with Gasteiger partial charge in [0.05, 0.1) is 17.7 Å². The number of benzene rings is 1. The van der Waals surface area contributed by atoms with Gasteiger partial charge in [-0.2, -0.15) is 0 Å².